The van der Waals surface area contributed by atoms with Crippen LogP contribution in [-0.4, -0.2) is 49.6 Å². The first-order valence-corrected chi connectivity index (χ1v) is 8.72. The Morgan fingerprint density at radius 1 is 1.32 bits per heavy atom. The third-order valence-electron chi connectivity index (χ3n) is 4.11. The van der Waals surface area contributed by atoms with E-state index < -0.39 is 0 Å². The van der Waals surface area contributed by atoms with Crippen molar-refractivity contribution < 1.29 is 14.6 Å². The van der Waals surface area contributed by atoms with Gasteiger partial charge in [-0.2, -0.15) is 4.52 Å². The fraction of sp³-hybridized carbons (Fsp3) is 0.647. The highest BCUT2D eigenvalue weighted by Gasteiger charge is 2.18. The molecule has 25 heavy (non-hydrogen) atoms. The van der Waals surface area contributed by atoms with Crippen LogP contribution in [-0.2, 0) is 11.2 Å². The predicted octanol–water partition coefficient (Wildman–Crippen LogP) is 1.37. The molecule has 138 valence electrons. The first-order chi connectivity index (χ1) is 11.9. The summed E-state index contributed by atoms with van der Waals surface area (Å²) >= 11 is 0. The number of aliphatic hydroxyl groups is 1. The third-order valence-corrected chi connectivity index (χ3v) is 4.11. The normalized spacial score (nSPS) is 13.8. The maximum absolute atomic E-state index is 12.2. The molecule has 8 nitrogen and oxygen atoms in total. The second-order valence-electron chi connectivity index (χ2n) is 6.47. The molecule has 2 atom stereocenters. The van der Waals surface area contributed by atoms with E-state index in [2.05, 4.69) is 20.6 Å². The molecule has 0 saturated carbocycles. The molecule has 2 rings (SSSR count). The van der Waals surface area contributed by atoms with Crippen LogP contribution in [0.4, 0.5) is 0 Å². The molecular weight excluding hydrogens is 322 g/mol. The van der Waals surface area contributed by atoms with Gasteiger partial charge in [-0.1, -0.05) is 20.3 Å². The van der Waals surface area contributed by atoms with Crippen LogP contribution >= 0.6 is 0 Å². The van der Waals surface area contributed by atoms with Crippen LogP contribution < -0.4 is 10.1 Å². The van der Waals surface area contributed by atoms with Crippen LogP contribution in [0.5, 0.6) is 5.88 Å². The molecule has 2 aromatic rings. The standard InChI is InChI=1S/C17H27N5O3/c1-5-12(4)13(10-23)18-16(24)8-6-14-19-20-15-7-9-17(21-22(14)15)25-11(2)3/h7,9,11-13,23H,5-6,8,10H2,1-4H3,(H,18,24)/t12-,13-/m1/s1. The molecule has 2 heterocycles. The third kappa shape index (κ3) is 5.12. The molecule has 0 aliphatic heterocycles. The molecule has 0 fully saturated rings. The highest BCUT2D eigenvalue weighted by atomic mass is 16.5. The zero-order chi connectivity index (χ0) is 18.4. The lowest BCUT2D eigenvalue weighted by Crippen LogP contribution is -2.42. The van der Waals surface area contributed by atoms with Gasteiger partial charge < -0.3 is 15.2 Å². The number of rotatable bonds is 9. The van der Waals surface area contributed by atoms with Crippen molar-refractivity contribution >= 4 is 11.6 Å². The summed E-state index contributed by atoms with van der Waals surface area (Å²) in [6.07, 6.45) is 1.57. The van der Waals surface area contributed by atoms with Gasteiger partial charge in [0.1, 0.15) is 0 Å². The van der Waals surface area contributed by atoms with Crippen molar-refractivity contribution in [1.82, 2.24) is 25.1 Å². The van der Waals surface area contributed by atoms with E-state index in [9.17, 15) is 9.90 Å². The number of hydrogen-bond acceptors (Lipinski definition) is 6. The van der Waals surface area contributed by atoms with Gasteiger partial charge in [-0.25, -0.2) is 0 Å². The topological polar surface area (TPSA) is 102 Å². The molecule has 0 aliphatic rings. The number of ether oxygens (including phenoxy) is 1. The summed E-state index contributed by atoms with van der Waals surface area (Å²) in [7, 11) is 0. The van der Waals surface area contributed by atoms with Crippen LogP contribution in [0.1, 0.15) is 46.4 Å². The fourth-order valence-electron chi connectivity index (χ4n) is 2.43. The van der Waals surface area contributed by atoms with Gasteiger partial charge >= 0.3 is 0 Å². The highest BCUT2D eigenvalue weighted by Crippen LogP contribution is 2.12. The molecule has 0 radical (unpaired) electrons. The Morgan fingerprint density at radius 2 is 2.08 bits per heavy atom. The molecular formula is C17H27N5O3. The summed E-state index contributed by atoms with van der Waals surface area (Å²) in [4.78, 5) is 12.2. The zero-order valence-corrected chi connectivity index (χ0v) is 15.3. The number of carbonyl (C=O) groups excluding carboxylic acids is 1. The first kappa shape index (κ1) is 19.1. The van der Waals surface area contributed by atoms with Crippen molar-refractivity contribution in [2.24, 2.45) is 5.92 Å². The van der Waals surface area contributed by atoms with Gasteiger partial charge in [0.2, 0.25) is 11.8 Å². The molecule has 8 heteroatoms. The summed E-state index contributed by atoms with van der Waals surface area (Å²) in [6.45, 7) is 7.83. The van der Waals surface area contributed by atoms with Crippen LogP contribution in [0.15, 0.2) is 12.1 Å². The Balaban J connectivity index is 2.01. The number of aromatic nitrogens is 4. The lowest BCUT2D eigenvalue weighted by molar-refractivity contribution is -0.122. The Morgan fingerprint density at radius 3 is 2.72 bits per heavy atom. The van der Waals surface area contributed by atoms with E-state index in [4.69, 9.17) is 4.74 Å². The average molecular weight is 349 g/mol. The van der Waals surface area contributed by atoms with E-state index in [1.165, 1.54) is 0 Å². The maximum atomic E-state index is 12.2. The Hall–Kier alpha value is -2.22. The summed E-state index contributed by atoms with van der Waals surface area (Å²) in [5, 5.41) is 24.8. The molecule has 0 aromatic carbocycles. The van der Waals surface area contributed by atoms with Gasteiger partial charge in [0.15, 0.2) is 11.5 Å². The van der Waals surface area contributed by atoms with E-state index in [-0.39, 0.29) is 37.0 Å². The second-order valence-corrected chi connectivity index (χ2v) is 6.47. The van der Waals surface area contributed by atoms with E-state index in [1.54, 1.807) is 16.6 Å². The smallest absolute Gasteiger partial charge is 0.232 e. The van der Waals surface area contributed by atoms with Crippen molar-refractivity contribution in [3.63, 3.8) is 0 Å². The minimum Gasteiger partial charge on any atom is -0.474 e. The summed E-state index contributed by atoms with van der Waals surface area (Å²) in [5.41, 5.74) is 0.611. The molecule has 2 N–H and O–H groups in total. The summed E-state index contributed by atoms with van der Waals surface area (Å²) < 4.78 is 7.18. The van der Waals surface area contributed by atoms with E-state index in [0.29, 0.717) is 23.8 Å². The van der Waals surface area contributed by atoms with Crippen molar-refractivity contribution in [3.05, 3.63) is 18.0 Å². The molecule has 0 unspecified atom stereocenters. The highest BCUT2D eigenvalue weighted by molar-refractivity contribution is 5.76. The Bertz CT molecular complexity index is 701. The van der Waals surface area contributed by atoms with Crippen LogP contribution in [0.25, 0.3) is 5.65 Å². The average Bonchev–Trinajstić information content (AvgIpc) is 2.99. The number of amides is 1. The maximum Gasteiger partial charge on any atom is 0.232 e. The van der Waals surface area contributed by atoms with Crippen LogP contribution in [0, 0.1) is 5.92 Å². The quantitative estimate of drug-likeness (QED) is 0.709. The number of aryl methyl sites for hydroxylation is 1. The number of hydrogen-bond donors (Lipinski definition) is 2. The zero-order valence-electron chi connectivity index (χ0n) is 15.3. The molecule has 0 aliphatic carbocycles. The van der Waals surface area contributed by atoms with E-state index >= 15 is 0 Å². The number of aliphatic hydroxyl groups excluding tert-OH is 1. The van der Waals surface area contributed by atoms with Crippen molar-refractivity contribution in [3.8, 4) is 5.88 Å². The fourth-order valence-corrected chi connectivity index (χ4v) is 2.43. The predicted molar refractivity (Wildman–Crippen MR) is 93.3 cm³/mol. The van der Waals surface area contributed by atoms with Gasteiger partial charge in [0.25, 0.3) is 0 Å². The van der Waals surface area contributed by atoms with Crippen LogP contribution in [0.2, 0.25) is 0 Å². The lowest BCUT2D eigenvalue weighted by atomic mass is 10.00. The molecule has 0 spiro atoms. The van der Waals surface area contributed by atoms with E-state index in [0.717, 1.165) is 6.42 Å². The van der Waals surface area contributed by atoms with Crippen molar-refractivity contribution in [1.29, 1.82) is 0 Å². The lowest BCUT2D eigenvalue weighted by Gasteiger charge is -2.21. The summed E-state index contributed by atoms with van der Waals surface area (Å²) in [5.74, 6) is 1.19. The van der Waals surface area contributed by atoms with E-state index in [1.807, 2.05) is 27.7 Å². The Kier molecular flexibility index (Phi) is 6.69. The number of nitrogens with one attached hydrogen (secondary N) is 1. The molecule has 2 aromatic heterocycles. The Labute approximate surface area is 147 Å². The summed E-state index contributed by atoms with van der Waals surface area (Å²) in [6, 6.07) is 3.31. The number of carbonyl (C=O) groups is 1. The molecule has 1 amide bonds. The van der Waals surface area contributed by atoms with Crippen molar-refractivity contribution in [2.45, 2.75) is 59.1 Å². The van der Waals surface area contributed by atoms with Crippen LogP contribution in [0.3, 0.4) is 0 Å². The second kappa shape index (κ2) is 8.75. The van der Waals surface area contributed by atoms with Gasteiger partial charge in [-0.15, -0.1) is 15.3 Å². The van der Waals surface area contributed by atoms with Gasteiger partial charge in [-0.3, -0.25) is 4.79 Å². The molecule has 0 saturated heterocycles. The minimum atomic E-state index is -0.225. The van der Waals surface area contributed by atoms with Gasteiger partial charge in [0, 0.05) is 18.9 Å². The number of fused-ring (bicyclic) bond motifs is 1. The van der Waals surface area contributed by atoms with Gasteiger partial charge in [-0.05, 0) is 25.8 Å². The monoisotopic (exact) mass is 349 g/mol. The molecule has 0 bridgehead atoms. The van der Waals surface area contributed by atoms with Gasteiger partial charge in [0.05, 0.1) is 18.8 Å². The largest absolute Gasteiger partial charge is 0.474 e. The van der Waals surface area contributed by atoms with Crippen molar-refractivity contribution in [2.75, 3.05) is 6.61 Å². The minimum absolute atomic E-state index is 0.0200. The number of nitrogens with zero attached hydrogens (tertiary/aromatic N) is 4. The SMILES string of the molecule is CC[C@@H](C)[C@@H](CO)NC(=O)CCc1nnc2ccc(OC(C)C)nn12. The first-order valence-electron chi connectivity index (χ1n) is 8.72.